The van der Waals surface area contributed by atoms with E-state index in [4.69, 9.17) is 15.5 Å². The molecule has 0 radical (unpaired) electrons. The van der Waals surface area contributed by atoms with E-state index in [1.54, 1.807) is 13.8 Å². The number of hydrogen-bond donors (Lipinski definition) is 4. The van der Waals surface area contributed by atoms with E-state index < -0.39 is 8.60 Å². The van der Waals surface area contributed by atoms with Crippen molar-refractivity contribution in [2.45, 2.75) is 39.8 Å². The van der Waals surface area contributed by atoms with Gasteiger partial charge in [0, 0.05) is 6.04 Å². The van der Waals surface area contributed by atoms with Crippen LogP contribution in [0.3, 0.4) is 0 Å². The zero-order chi connectivity index (χ0) is 11.7. The molecule has 0 saturated carbocycles. The molecule has 0 atom stereocenters. The molecule has 14 heavy (non-hydrogen) atoms. The van der Waals surface area contributed by atoms with E-state index in [0.717, 1.165) is 0 Å². The van der Waals surface area contributed by atoms with Crippen molar-refractivity contribution in [3.05, 3.63) is 0 Å². The average molecular weight is 242 g/mol. The number of rotatable bonds is 3. The van der Waals surface area contributed by atoms with Crippen LogP contribution in [-0.4, -0.2) is 27.0 Å². The van der Waals surface area contributed by atoms with Crippen LogP contribution in [0.5, 0.6) is 0 Å². The molecule has 0 unspecified atom stereocenters. The van der Waals surface area contributed by atoms with E-state index in [1.807, 2.05) is 13.8 Å². The summed E-state index contributed by atoms with van der Waals surface area (Å²) in [4.78, 5) is 16.2. The second kappa shape index (κ2) is 9.55. The molecule has 0 aromatic carbocycles. The molecule has 86 valence electrons. The van der Waals surface area contributed by atoms with Gasteiger partial charge in [0.15, 0.2) is 5.11 Å². The third-order valence-electron chi connectivity index (χ3n) is 0.736. The van der Waals surface area contributed by atoms with Gasteiger partial charge in [-0.3, -0.25) is 0 Å². The molecule has 0 saturated heterocycles. The zero-order valence-corrected chi connectivity index (χ0v) is 10.6. The van der Waals surface area contributed by atoms with Crippen LogP contribution >= 0.6 is 20.8 Å². The highest BCUT2D eigenvalue weighted by Gasteiger charge is 2.00. The fourth-order valence-corrected chi connectivity index (χ4v) is 1.09. The fourth-order valence-electron chi connectivity index (χ4n) is 0.473. The van der Waals surface area contributed by atoms with Crippen LogP contribution in [0, 0.1) is 0 Å². The summed E-state index contributed by atoms with van der Waals surface area (Å²) in [5.41, 5.74) is 5.11. The van der Waals surface area contributed by atoms with Gasteiger partial charge >= 0.3 is 8.60 Å². The number of nitrogens with two attached hydrogens (primary N) is 1. The minimum Gasteiger partial charge on any atom is -0.376 e. The van der Waals surface area contributed by atoms with Crippen LogP contribution in [0.15, 0.2) is 0 Å². The minimum atomic E-state index is -2.14. The van der Waals surface area contributed by atoms with Gasteiger partial charge in [-0.05, 0) is 39.9 Å². The summed E-state index contributed by atoms with van der Waals surface area (Å²) in [6, 6.07) is 0.359. The highest BCUT2D eigenvalue weighted by Crippen LogP contribution is 2.25. The van der Waals surface area contributed by atoms with Gasteiger partial charge < -0.3 is 25.4 Å². The van der Waals surface area contributed by atoms with Gasteiger partial charge in [-0.25, -0.2) is 0 Å². The first-order valence-electron chi connectivity index (χ1n) is 4.16. The molecule has 7 heteroatoms. The summed E-state index contributed by atoms with van der Waals surface area (Å²) in [5.74, 6) is 0. The Balaban J connectivity index is 0. The Morgan fingerprint density at radius 2 is 1.79 bits per heavy atom. The van der Waals surface area contributed by atoms with E-state index in [0.29, 0.717) is 11.2 Å². The lowest BCUT2D eigenvalue weighted by atomic mass is 10.4. The van der Waals surface area contributed by atoms with Gasteiger partial charge in [0.2, 0.25) is 0 Å². The summed E-state index contributed by atoms with van der Waals surface area (Å²) in [6.07, 6.45) is -0.0962. The fraction of sp³-hybridized carbons (Fsp3) is 0.857. The predicted octanol–water partition coefficient (Wildman–Crippen LogP) is 0.851. The lowest BCUT2D eigenvalue weighted by molar-refractivity contribution is 0.201. The lowest BCUT2D eigenvalue weighted by Gasteiger charge is -2.04. The van der Waals surface area contributed by atoms with Crippen molar-refractivity contribution >= 4 is 25.9 Å². The number of hydrogen-bond acceptors (Lipinski definition) is 4. The Morgan fingerprint density at radius 1 is 1.36 bits per heavy atom. The van der Waals surface area contributed by atoms with Crippen molar-refractivity contribution in [2.75, 3.05) is 0 Å². The van der Waals surface area contributed by atoms with Gasteiger partial charge in [0.25, 0.3) is 0 Å². The van der Waals surface area contributed by atoms with Crippen molar-refractivity contribution in [2.24, 2.45) is 5.73 Å². The Hall–Kier alpha value is -0.0000000000000000416. The molecule has 0 bridgehead atoms. The van der Waals surface area contributed by atoms with E-state index >= 15 is 0 Å². The van der Waals surface area contributed by atoms with E-state index in [1.165, 1.54) is 0 Å². The Kier molecular flexibility index (Phi) is 11.2. The van der Waals surface area contributed by atoms with Crippen LogP contribution in [-0.2, 0) is 4.52 Å². The summed E-state index contributed by atoms with van der Waals surface area (Å²) >= 11 is 4.54. The summed E-state index contributed by atoms with van der Waals surface area (Å²) < 4.78 is 4.43. The summed E-state index contributed by atoms with van der Waals surface area (Å²) in [6.45, 7) is 7.45. The van der Waals surface area contributed by atoms with E-state index in [2.05, 4.69) is 22.1 Å². The zero-order valence-electron chi connectivity index (χ0n) is 8.89. The first-order valence-corrected chi connectivity index (χ1v) is 5.73. The molecule has 0 aliphatic rings. The van der Waals surface area contributed by atoms with E-state index in [9.17, 15) is 0 Å². The van der Waals surface area contributed by atoms with Crippen LogP contribution in [0.2, 0.25) is 0 Å². The number of nitrogens with one attached hydrogen (secondary N) is 1. The SMILES string of the molecule is CC(C)NC(N)=S.CC(C)OP(O)O. The van der Waals surface area contributed by atoms with Gasteiger partial charge in [-0.15, -0.1) is 0 Å². The molecule has 0 aliphatic heterocycles. The molecular weight excluding hydrogens is 223 g/mol. The van der Waals surface area contributed by atoms with Crippen molar-refractivity contribution < 1.29 is 14.3 Å². The van der Waals surface area contributed by atoms with E-state index in [-0.39, 0.29) is 6.10 Å². The Morgan fingerprint density at radius 3 is 1.79 bits per heavy atom. The standard InChI is InChI=1S/C4H10N2S.C3H9O3P/c1-3(2)6-4(5)7;1-3(2)6-7(4)5/h3H,1-2H3,(H3,5,6,7);3-5H,1-2H3. The molecule has 5 nitrogen and oxygen atoms in total. The van der Waals surface area contributed by atoms with Gasteiger partial charge in [0.05, 0.1) is 6.10 Å². The maximum atomic E-state index is 8.12. The third kappa shape index (κ3) is 22.7. The molecular formula is C7H19N2O3PS. The van der Waals surface area contributed by atoms with Gasteiger partial charge in [0.1, 0.15) is 0 Å². The predicted molar refractivity (Wildman–Crippen MR) is 62.6 cm³/mol. The van der Waals surface area contributed by atoms with Crippen molar-refractivity contribution in [1.29, 1.82) is 0 Å². The van der Waals surface area contributed by atoms with Crippen molar-refractivity contribution in [1.82, 2.24) is 5.32 Å². The largest absolute Gasteiger partial charge is 0.376 e. The van der Waals surface area contributed by atoms with Gasteiger partial charge in [-0.2, -0.15) is 0 Å². The second-order valence-electron chi connectivity index (χ2n) is 3.07. The smallest absolute Gasteiger partial charge is 0.327 e. The maximum absolute atomic E-state index is 8.12. The molecule has 0 heterocycles. The molecule has 5 N–H and O–H groups in total. The Bertz CT molecular complexity index is 150. The molecule has 0 rings (SSSR count). The average Bonchev–Trinajstić information content (AvgIpc) is 1.79. The molecule has 0 fully saturated rings. The molecule has 0 spiro atoms. The molecule has 0 aromatic rings. The van der Waals surface area contributed by atoms with Crippen LogP contribution in [0.4, 0.5) is 0 Å². The summed E-state index contributed by atoms with van der Waals surface area (Å²) in [7, 11) is -2.14. The van der Waals surface area contributed by atoms with Crippen LogP contribution in [0.1, 0.15) is 27.7 Å². The highest BCUT2D eigenvalue weighted by molar-refractivity contribution is 7.80. The normalized spacial score (nSPS) is 10.1. The maximum Gasteiger partial charge on any atom is 0.327 e. The third-order valence-corrected chi connectivity index (χ3v) is 1.46. The number of thiocarbonyl (C=S) groups is 1. The first kappa shape index (κ1) is 16.4. The van der Waals surface area contributed by atoms with Crippen molar-refractivity contribution in [3.63, 3.8) is 0 Å². The molecule has 0 amide bonds. The van der Waals surface area contributed by atoms with Gasteiger partial charge in [-0.1, -0.05) is 0 Å². The first-order chi connectivity index (χ1) is 6.25. The highest BCUT2D eigenvalue weighted by atomic mass is 32.1. The minimum absolute atomic E-state index is 0.0962. The second-order valence-corrected chi connectivity index (χ2v) is 4.23. The molecule has 0 aliphatic carbocycles. The van der Waals surface area contributed by atoms with Crippen molar-refractivity contribution in [3.8, 4) is 0 Å². The lowest BCUT2D eigenvalue weighted by Crippen LogP contribution is -2.34. The van der Waals surface area contributed by atoms with Crippen LogP contribution < -0.4 is 11.1 Å². The quantitative estimate of drug-likeness (QED) is 0.433. The topological polar surface area (TPSA) is 87.7 Å². The Labute approximate surface area is 91.6 Å². The molecule has 0 aromatic heterocycles. The monoisotopic (exact) mass is 242 g/mol. The summed E-state index contributed by atoms with van der Waals surface area (Å²) in [5, 5.41) is 3.19. The van der Waals surface area contributed by atoms with Crippen LogP contribution in [0.25, 0.3) is 0 Å².